The van der Waals surface area contributed by atoms with Gasteiger partial charge in [-0.15, -0.1) is 0 Å². The molecular formula is C16H16BrN3. The second kappa shape index (κ2) is 6.06. The second-order valence-electron chi connectivity index (χ2n) is 4.84. The van der Waals surface area contributed by atoms with Gasteiger partial charge in [-0.05, 0) is 50.1 Å². The third-order valence-electron chi connectivity index (χ3n) is 3.16. The molecule has 0 bridgehead atoms. The summed E-state index contributed by atoms with van der Waals surface area (Å²) in [6.45, 7) is 5.92. The maximum atomic E-state index is 9.28. The highest BCUT2D eigenvalue weighted by molar-refractivity contribution is 9.10. The first-order valence-electron chi connectivity index (χ1n) is 6.41. The molecule has 0 aliphatic carbocycles. The van der Waals surface area contributed by atoms with Crippen LogP contribution in [0.4, 0.5) is 5.82 Å². The molecule has 2 aromatic rings. The zero-order valence-corrected chi connectivity index (χ0v) is 13.3. The molecule has 0 amide bonds. The van der Waals surface area contributed by atoms with E-state index < -0.39 is 0 Å². The molecule has 1 heterocycles. The van der Waals surface area contributed by atoms with Crippen molar-refractivity contribution >= 4 is 21.7 Å². The number of hydrogen-bond donors (Lipinski definition) is 1. The number of pyridine rings is 1. The quantitative estimate of drug-likeness (QED) is 0.901. The monoisotopic (exact) mass is 329 g/mol. The standard InChI is InChI=1S/C16H16BrN3/c1-10-7-11(2)19-16(15(10)9-18)20-12(3)13-5-4-6-14(17)8-13/h4-8,12H,1-3H3,(H,19,20). The molecule has 0 aliphatic rings. The molecular weight excluding hydrogens is 314 g/mol. The highest BCUT2D eigenvalue weighted by atomic mass is 79.9. The number of hydrogen-bond acceptors (Lipinski definition) is 3. The predicted octanol–water partition coefficient (Wildman–Crippen LogP) is 4.51. The van der Waals surface area contributed by atoms with Gasteiger partial charge in [-0.3, -0.25) is 0 Å². The third-order valence-corrected chi connectivity index (χ3v) is 3.65. The van der Waals surface area contributed by atoms with Crippen LogP contribution in [-0.2, 0) is 0 Å². The highest BCUT2D eigenvalue weighted by Gasteiger charge is 2.12. The van der Waals surface area contributed by atoms with Gasteiger partial charge in [-0.25, -0.2) is 4.98 Å². The molecule has 0 saturated heterocycles. The number of nitrogens with zero attached hydrogens (tertiary/aromatic N) is 2. The third kappa shape index (κ3) is 3.17. The predicted molar refractivity (Wildman–Crippen MR) is 84.6 cm³/mol. The number of aromatic nitrogens is 1. The summed E-state index contributed by atoms with van der Waals surface area (Å²) in [7, 11) is 0. The van der Waals surface area contributed by atoms with E-state index in [-0.39, 0.29) is 6.04 Å². The molecule has 0 saturated carbocycles. The van der Waals surface area contributed by atoms with Gasteiger partial charge in [-0.1, -0.05) is 28.1 Å². The van der Waals surface area contributed by atoms with E-state index in [0.717, 1.165) is 21.3 Å². The van der Waals surface area contributed by atoms with Crippen LogP contribution in [-0.4, -0.2) is 4.98 Å². The fraction of sp³-hybridized carbons (Fsp3) is 0.250. The minimum absolute atomic E-state index is 0.0771. The summed E-state index contributed by atoms with van der Waals surface area (Å²) in [4.78, 5) is 4.45. The van der Waals surface area contributed by atoms with Crippen molar-refractivity contribution in [2.45, 2.75) is 26.8 Å². The van der Waals surface area contributed by atoms with Gasteiger partial charge in [0.05, 0.1) is 11.6 Å². The van der Waals surface area contributed by atoms with Gasteiger partial charge in [0.1, 0.15) is 11.9 Å². The molecule has 1 aromatic heterocycles. The Morgan fingerprint density at radius 2 is 2.05 bits per heavy atom. The molecule has 0 radical (unpaired) electrons. The normalized spacial score (nSPS) is 11.8. The first-order valence-corrected chi connectivity index (χ1v) is 7.21. The molecule has 0 spiro atoms. The van der Waals surface area contributed by atoms with Gasteiger partial charge in [0.25, 0.3) is 0 Å². The van der Waals surface area contributed by atoms with Crippen LogP contribution in [0.15, 0.2) is 34.8 Å². The van der Waals surface area contributed by atoms with E-state index in [0.29, 0.717) is 11.4 Å². The van der Waals surface area contributed by atoms with Crippen LogP contribution in [0.2, 0.25) is 0 Å². The first kappa shape index (κ1) is 14.5. The van der Waals surface area contributed by atoms with Gasteiger partial charge < -0.3 is 5.32 Å². The summed E-state index contributed by atoms with van der Waals surface area (Å²) >= 11 is 3.47. The van der Waals surface area contributed by atoms with Crippen molar-refractivity contribution in [3.05, 3.63) is 57.2 Å². The van der Waals surface area contributed by atoms with E-state index in [1.165, 1.54) is 0 Å². The Labute approximate surface area is 127 Å². The zero-order chi connectivity index (χ0) is 14.7. The summed E-state index contributed by atoms with van der Waals surface area (Å²) in [5.74, 6) is 0.650. The summed E-state index contributed by atoms with van der Waals surface area (Å²) in [6, 6.07) is 12.3. The first-order chi connectivity index (χ1) is 9.51. The minimum atomic E-state index is 0.0771. The molecule has 0 fully saturated rings. The average molecular weight is 330 g/mol. The van der Waals surface area contributed by atoms with E-state index in [1.54, 1.807) is 0 Å². The van der Waals surface area contributed by atoms with Crippen molar-refractivity contribution in [1.82, 2.24) is 4.98 Å². The fourth-order valence-electron chi connectivity index (χ4n) is 2.15. The lowest BCUT2D eigenvalue weighted by Gasteiger charge is -2.17. The molecule has 3 nitrogen and oxygen atoms in total. The Morgan fingerprint density at radius 3 is 2.70 bits per heavy atom. The number of nitriles is 1. The number of nitrogens with one attached hydrogen (secondary N) is 1. The van der Waals surface area contributed by atoms with Crippen LogP contribution < -0.4 is 5.32 Å². The van der Waals surface area contributed by atoms with Gasteiger partial charge in [0.15, 0.2) is 0 Å². The summed E-state index contributed by atoms with van der Waals surface area (Å²) < 4.78 is 1.04. The van der Waals surface area contributed by atoms with Crippen LogP contribution in [0.5, 0.6) is 0 Å². The Bertz CT molecular complexity index is 674. The molecule has 4 heteroatoms. The summed E-state index contributed by atoms with van der Waals surface area (Å²) in [5.41, 5.74) is 3.61. The fourth-order valence-corrected chi connectivity index (χ4v) is 2.56. The van der Waals surface area contributed by atoms with Crippen molar-refractivity contribution < 1.29 is 0 Å². The number of rotatable bonds is 3. The van der Waals surface area contributed by atoms with Crippen LogP contribution in [0.1, 0.15) is 35.3 Å². The van der Waals surface area contributed by atoms with E-state index in [9.17, 15) is 5.26 Å². The van der Waals surface area contributed by atoms with Crippen LogP contribution in [0, 0.1) is 25.2 Å². The number of aryl methyl sites for hydroxylation is 2. The van der Waals surface area contributed by atoms with E-state index in [1.807, 2.05) is 32.0 Å². The lowest BCUT2D eigenvalue weighted by Crippen LogP contribution is -2.10. The molecule has 1 unspecified atom stereocenters. The maximum Gasteiger partial charge on any atom is 0.144 e. The van der Waals surface area contributed by atoms with Gasteiger partial charge >= 0.3 is 0 Å². The van der Waals surface area contributed by atoms with E-state index in [2.05, 4.69) is 51.4 Å². The molecule has 1 N–H and O–H groups in total. The highest BCUT2D eigenvalue weighted by Crippen LogP contribution is 2.24. The zero-order valence-electron chi connectivity index (χ0n) is 11.7. The maximum absolute atomic E-state index is 9.28. The lowest BCUT2D eigenvalue weighted by atomic mass is 10.1. The molecule has 20 heavy (non-hydrogen) atoms. The molecule has 2 rings (SSSR count). The van der Waals surface area contributed by atoms with E-state index >= 15 is 0 Å². The molecule has 0 aliphatic heterocycles. The van der Waals surface area contributed by atoms with Gasteiger partial charge in [0, 0.05) is 10.2 Å². The molecule has 1 atom stereocenters. The smallest absolute Gasteiger partial charge is 0.144 e. The minimum Gasteiger partial charge on any atom is -0.362 e. The average Bonchev–Trinajstić information content (AvgIpc) is 2.38. The largest absolute Gasteiger partial charge is 0.362 e. The lowest BCUT2D eigenvalue weighted by molar-refractivity contribution is 0.869. The van der Waals surface area contributed by atoms with Crippen LogP contribution in [0.3, 0.4) is 0 Å². The van der Waals surface area contributed by atoms with Gasteiger partial charge in [0.2, 0.25) is 0 Å². The summed E-state index contributed by atoms with van der Waals surface area (Å²) in [6.07, 6.45) is 0. The number of benzene rings is 1. The van der Waals surface area contributed by atoms with Crippen molar-refractivity contribution in [2.75, 3.05) is 5.32 Å². The van der Waals surface area contributed by atoms with Crippen molar-refractivity contribution in [3.63, 3.8) is 0 Å². The van der Waals surface area contributed by atoms with Gasteiger partial charge in [-0.2, -0.15) is 5.26 Å². The molecule has 102 valence electrons. The molecule has 1 aromatic carbocycles. The topological polar surface area (TPSA) is 48.7 Å². The van der Waals surface area contributed by atoms with Crippen LogP contribution >= 0.6 is 15.9 Å². The SMILES string of the molecule is Cc1cc(C)c(C#N)c(NC(C)c2cccc(Br)c2)n1. The van der Waals surface area contributed by atoms with Crippen molar-refractivity contribution in [1.29, 1.82) is 5.26 Å². The van der Waals surface area contributed by atoms with Crippen molar-refractivity contribution in [3.8, 4) is 6.07 Å². The summed E-state index contributed by atoms with van der Waals surface area (Å²) in [5, 5.41) is 12.6. The second-order valence-corrected chi connectivity index (χ2v) is 5.75. The Balaban J connectivity index is 2.33. The van der Waals surface area contributed by atoms with Crippen LogP contribution in [0.25, 0.3) is 0 Å². The van der Waals surface area contributed by atoms with Crippen molar-refractivity contribution in [2.24, 2.45) is 0 Å². The number of halogens is 1. The number of anilines is 1. The van der Waals surface area contributed by atoms with E-state index in [4.69, 9.17) is 0 Å². The Hall–Kier alpha value is -1.86. The Morgan fingerprint density at radius 1 is 1.30 bits per heavy atom. The Kier molecular flexibility index (Phi) is 4.41.